The Morgan fingerprint density at radius 3 is 2.55 bits per heavy atom. The van der Waals surface area contributed by atoms with Crippen molar-refractivity contribution in [2.24, 2.45) is 0 Å². The zero-order valence-electron chi connectivity index (χ0n) is 17.1. The molecule has 2 aromatic carbocycles. The molecule has 1 aromatic heterocycles. The fourth-order valence-electron chi connectivity index (χ4n) is 2.94. The molecule has 2 N–H and O–H groups in total. The van der Waals surface area contributed by atoms with Crippen LogP contribution in [0.25, 0.3) is 0 Å². The number of anilines is 2. The van der Waals surface area contributed by atoms with Crippen molar-refractivity contribution in [2.75, 3.05) is 19.5 Å². The summed E-state index contributed by atoms with van der Waals surface area (Å²) in [6, 6.07) is 15.0. The molecular formula is C23H25N3O3. The first kappa shape index (κ1) is 20.2. The van der Waals surface area contributed by atoms with Crippen LogP contribution in [0.4, 0.5) is 11.5 Å². The maximum absolute atomic E-state index is 12.6. The van der Waals surface area contributed by atoms with E-state index in [1.54, 1.807) is 32.5 Å². The van der Waals surface area contributed by atoms with E-state index < -0.39 is 0 Å². The van der Waals surface area contributed by atoms with Gasteiger partial charge in [0.05, 0.1) is 14.2 Å². The first-order valence-corrected chi connectivity index (χ1v) is 9.30. The van der Waals surface area contributed by atoms with Crippen LogP contribution in [0, 0.1) is 13.8 Å². The molecule has 0 aliphatic rings. The number of carbonyl (C=O) groups is 1. The van der Waals surface area contributed by atoms with Crippen LogP contribution in [0.2, 0.25) is 0 Å². The zero-order valence-corrected chi connectivity index (χ0v) is 17.1. The van der Waals surface area contributed by atoms with Crippen LogP contribution < -0.4 is 20.1 Å². The van der Waals surface area contributed by atoms with Crippen molar-refractivity contribution >= 4 is 17.4 Å². The Hall–Kier alpha value is -3.54. The summed E-state index contributed by atoms with van der Waals surface area (Å²) in [5.74, 6) is 1.73. The van der Waals surface area contributed by atoms with E-state index in [1.165, 1.54) is 5.56 Å². The van der Waals surface area contributed by atoms with Gasteiger partial charge in [0.15, 0.2) is 11.5 Å². The molecule has 29 heavy (non-hydrogen) atoms. The largest absolute Gasteiger partial charge is 0.493 e. The molecule has 0 unspecified atom stereocenters. The number of ether oxygens (including phenoxy) is 2. The van der Waals surface area contributed by atoms with Crippen LogP contribution in [-0.2, 0) is 6.54 Å². The van der Waals surface area contributed by atoms with Crippen molar-refractivity contribution in [3.63, 3.8) is 0 Å². The highest BCUT2D eigenvalue weighted by Gasteiger charge is 2.10. The van der Waals surface area contributed by atoms with E-state index in [0.29, 0.717) is 29.4 Å². The van der Waals surface area contributed by atoms with Crippen molar-refractivity contribution in [1.82, 2.24) is 10.3 Å². The molecule has 0 aliphatic carbocycles. The van der Waals surface area contributed by atoms with Gasteiger partial charge in [-0.25, -0.2) is 4.98 Å². The lowest BCUT2D eigenvalue weighted by Gasteiger charge is -2.12. The van der Waals surface area contributed by atoms with Gasteiger partial charge in [0.25, 0.3) is 5.91 Å². The lowest BCUT2D eigenvalue weighted by atomic mass is 10.1. The molecule has 6 nitrogen and oxygen atoms in total. The Morgan fingerprint density at radius 1 is 1.00 bits per heavy atom. The van der Waals surface area contributed by atoms with Crippen molar-refractivity contribution in [3.8, 4) is 11.5 Å². The number of carbonyl (C=O) groups excluding carboxylic acids is 1. The number of rotatable bonds is 7. The molecule has 0 bridgehead atoms. The number of pyridine rings is 1. The first-order valence-electron chi connectivity index (χ1n) is 9.30. The molecule has 1 amide bonds. The topological polar surface area (TPSA) is 72.5 Å². The van der Waals surface area contributed by atoms with Crippen LogP contribution in [0.3, 0.4) is 0 Å². The fraction of sp³-hybridized carbons (Fsp3) is 0.217. The number of aromatic nitrogens is 1. The van der Waals surface area contributed by atoms with Gasteiger partial charge < -0.3 is 20.1 Å². The molecule has 0 saturated carbocycles. The van der Waals surface area contributed by atoms with E-state index in [-0.39, 0.29) is 5.91 Å². The van der Waals surface area contributed by atoms with Gasteiger partial charge in [0, 0.05) is 24.0 Å². The Balaban J connectivity index is 1.69. The second-order valence-corrected chi connectivity index (χ2v) is 6.67. The second-order valence-electron chi connectivity index (χ2n) is 6.67. The number of nitrogens with one attached hydrogen (secondary N) is 2. The third-order valence-corrected chi connectivity index (χ3v) is 4.79. The molecule has 3 rings (SSSR count). The minimum absolute atomic E-state index is 0.175. The summed E-state index contributed by atoms with van der Waals surface area (Å²) < 4.78 is 10.5. The Bertz CT molecular complexity index is 1020. The molecular weight excluding hydrogens is 366 g/mol. The molecule has 3 aromatic rings. The van der Waals surface area contributed by atoms with Gasteiger partial charge in [-0.1, -0.05) is 18.2 Å². The molecule has 0 radical (unpaired) electrons. The lowest BCUT2D eigenvalue weighted by molar-refractivity contribution is 0.0951. The van der Waals surface area contributed by atoms with E-state index in [4.69, 9.17) is 9.47 Å². The van der Waals surface area contributed by atoms with Gasteiger partial charge in [-0.2, -0.15) is 0 Å². The van der Waals surface area contributed by atoms with Crippen LogP contribution >= 0.6 is 0 Å². The molecule has 150 valence electrons. The van der Waals surface area contributed by atoms with Gasteiger partial charge in [0.1, 0.15) is 5.82 Å². The highest BCUT2D eigenvalue weighted by atomic mass is 16.5. The maximum Gasteiger partial charge on any atom is 0.251 e. The minimum Gasteiger partial charge on any atom is -0.493 e. The first-order chi connectivity index (χ1) is 14.0. The average Bonchev–Trinajstić information content (AvgIpc) is 2.75. The third kappa shape index (κ3) is 4.85. The summed E-state index contributed by atoms with van der Waals surface area (Å²) in [5.41, 5.74) is 4.77. The van der Waals surface area contributed by atoms with E-state index in [9.17, 15) is 4.79 Å². The van der Waals surface area contributed by atoms with Gasteiger partial charge in [-0.15, -0.1) is 0 Å². The van der Waals surface area contributed by atoms with Gasteiger partial charge >= 0.3 is 0 Å². The van der Waals surface area contributed by atoms with E-state index >= 15 is 0 Å². The van der Waals surface area contributed by atoms with Crippen LogP contribution in [-0.4, -0.2) is 25.1 Å². The maximum atomic E-state index is 12.6. The normalized spacial score (nSPS) is 10.3. The predicted octanol–water partition coefficient (Wildman–Crippen LogP) is 4.39. The van der Waals surface area contributed by atoms with Gasteiger partial charge in [0.2, 0.25) is 0 Å². The summed E-state index contributed by atoms with van der Waals surface area (Å²) in [7, 11) is 3.17. The smallest absolute Gasteiger partial charge is 0.251 e. The number of methoxy groups -OCH3 is 2. The number of amides is 1. The predicted molar refractivity (Wildman–Crippen MR) is 114 cm³/mol. The summed E-state index contributed by atoms with van der Waals surface area (Å²) in [4.78, 5) is 16.9. The van der Waals surface area contributed by atoms with Crippen LogP contribution in [0.1, 0.15) is 27.0 Å². The Morgan fingerprint density at radius 2 is 1.79 bits per heavy atom. The molecule has 0 fully saturated rings. The van der Waals surface area contributed by atoms with Gasteiger partial charge in [-0.3, -0.25) is 4.79 Å². The van der Waals surface area contributed by atoms with Crippen molar-refractivity contribution in [2.45, 2.75) is 20.4 Å². The SMILES string of the molecule is COc1ccc(CNC(=O)c2ccnc(Nc3cccc(C)c3C)c2)cc1OC. The number of aryl methyl sites for hydroxylation is 1. The molecule has 0 atom stereocenters. The molecule has 1 heterocycles. The quantitative estimate of drug-likeness (QED) is 0.625. The summed E-state index contributed by atoms with van der Waals surface area (Å²) in [5, 5.41) is 6.21. The summed E-state index contributed by atoms with van der Waals surface area (Å²) in [6.07, 6.45) is 1.62. The standard InChI is InChI=1S/C23H25N3O3/c1-15-6-5-7-19(16(15)2)26-22-13-18(10-11-24-22)23(27)25-14-17-8-9-20(28-3)21(12-17)29-4/h5-13H,14H2,1-4H3,(H,24,26)(H,25,27). The highest BCUT2D eigenvalue weighted by molar-refractivity contribution is 5.94. The molecule has 0 aliphatic heterocycles. The second kappa shape index (κ2) is 9.10. The van der Waals surface area contributed by atoms with Crippen LogP contribution in [0.15, 0.2) is 54.7 Å². The number of hydrogen-bond acceptors (Lipinski definition) is 5. The minimum atomic E-state index is -0.175. The highest BCUT2D eigenvalue weighted by Crippen LogP contribution is 2.27. The number of benzene rings is 2. The Kier molecular flexibility index (Phi) is 6.34. The Labute approximate surface area is 170 Å². The lowest BCUT2D eigenvalue weighted by Crippen LogP contribution is -2.23. The molecule has 0 saturated heterocycles. The van der Waals surface area contributed by atoms with E-state index in [1.807, 2.05) is 30.3 Å². The molecule has 6 heteroatoms. The molecule has 0 spiro atoms. The van der Waals surface area contributed by atoms with Crippen LogP contribution in [0.5, 0.6) is 11.5 Å². The number of hydrogen-bond donors (Lipinski definition) is 2. The van der Waals surface area contributed by atoms with E-state index in [0.717, 1.165) is 16.8 Å². The summed E-state index contributed by atoms with van der Waals surface area (Å²) >= 11 is 0. The van der Waals surface area contributed by atoms with Gasteiger partial charge in [-0.05, 0) is 60.9 Å². The van der Waals surface area contributed by atoms with Crippen molar-refractivity contribution in [1.29, 1.82) is 0 Å². The number of nitrogens with zero attached hydrogens (tertiary/aromatic N) is 1. The van der Waals surface area contributed by atoms with E-state index in [2.05, 4.69) is 35.5 Å². The van der Waals surface area contributed by atoms with Crippen molar-refractivity contribution in [3.05, 3.63) is 77.0 Å². The average molecular weight is 391 g/mol. The monoisotopic (exact) mass is 391 g/mol. The summed E-state index contributed by atoms with van der Waals surface area (Å²) in [6.45, 7) is 4.49. The third-order valence-electron chi connectivity index (χ3n) is 4.79. The fourth-order valence-corrected chi connectivity index (χ4v) is 2.94. The zero-order chi connectivity index (χ0) is 20.8. The van der Waals surface area contributed by atoms with Crippen molar-refractivity contribution < 1.29 is 14.3 Å².